The van der Waals surface area contributed by atoms with Crippen molar-refractivity contribution >= 4 is 35.2 Å². The smallest absolute Gasteiger partial charge is 0.449 e. The minimum absolute atomic E-state index is 0.142. The van der Waals surface area contributed by atoms with Gasteiger partial charge in [0.25, 0.3) is 0 Å². The van der Waals surface area contributed by atoms with E-state index in [0.717, 1.165) is 59.5 Å². The molecule has 2 fully saturated rings. The van der Waals surface area contributed by atoms with Crippen LogP contribution >= 0.6 is 0 Å². The maximum absolute atomic E-state index is 9.21. The van der Waals surface area contributed by atoms with Gasteiger partial charge in [0.1, 0.15) is 0 Å². The van der Waals surface area contributed by atoms with Crippen LogP contribution in [0.4, 0.5) is 21.4 Å². The van der Waals surface area contributed by atoms with Crippen LogP contribution in [-0.4, -0.2) is 83.9 Å². The lowest BCUT2D eigenvalue weighted by Gasteiger charge is -2.29. The fourth-order valence-corrected chi connectivity index (χ4v) is 4.60. The summed E-state index contributed by atoms with van der Waals surface area (Å²) in [4.78, 5) is 45.5. The van der Waals surface area contributed by atoms with E-state index >= 15 is 0 Å². The summed E-state index contributed by atoms with van der Waals surface area (Å²) in [5, 5.41) is 18.4. The molecule has 0 aromatic carbocycles. The SMILES string of the molecule is Cc1nc(NC(C)(C)C)nc(C(C)(C)C)c1-c1nc(N2CCOCC2)c2ncn(CC3CC3)c2n1.O=C(O)OC(=O)O. The van der Waals surface area contributed by atoms with E-state index in [1.165, 1.54) is 12.8 Å². The van der Waals surface area contributed by atoms with Gasteiger partial charge in [0.2, 0.25) is 5.95 Å². The Morgan fingerprint density at radius 2 is 1.67 bits per heavy atom. The van der Waals surface area contributed by atoms with Gasteiger partial charge in [0, 0.05) is 30.6 Å². The van der Waals surface area contributed by atoms with Gasteiger partial charge in [-0.2, -0.15) is 0 Å². The molecular formula is C28H40N8O6. The standard InChI is InChI=1S/C26H38N8O.C2H2O5/c1-16-18(20(25(2,3)4)29-24(28-16)32-26(5,6)7)21-30-22(33-10-12-35-13-11-33)19-23(31-21)34(15-27-19)14-17-8-9-17;3-1(4)7-2(5)6/h15,17H,8-14H2,1-7H3,(H,28,29,32);(H,3,4)(H,5,6). The van der Waals surface area contributed by atoms with Crippen molar-refractivity contribution in [3.8, 4) is 11.4 Å². The van der Waals surface area contributed by atoms with E-state index in [1.807, 2.05) is 13.3 Å². The first-order chi connectivity index (χ1) is 19.6. The Morgan fingerprint density at radius 3 is 2.19 bits per heavy atom. The summed E-state index contributed by atoms with van der Waals surface area (Å²) >= 11 is 0. The first-order valence-corrected chi connectivity index (χ1v) is 14.0. The molecule has 5 rings (SSSR count). The Labute approximate surface area is 244 Å². The molecule has 1 aliphatic carbocycles. The van der Waals surface area contributed by atoms with Gasteiger partial charge in [-0.25, -0.2) is 34.5 Å². The molecule has 1 saturated heterocycles. The number of aromatic nitrogens is 6. The number of fused-ring (bicyclic) bond motifs is 1. The van der Waals surface area contributed by atoms with Gasteiger partial charge in [-0.05, 0) is 46.5 Å². The number of carbonyl (C=O) groups is 2. The van der Waals surface area contributed by atoms with Gasteiger partial charge in [0.15, 0.2) is 22.8 Å². The molecule has 0 radical (unpaired) electrons. The van der Waals surface area contributed by atoms with Crippen molar-refractivity contribution in [3.63, 3.8) is 0 Å². The lowest BCUT2D eigenvalue weighted by Crippen LogP contribution is -2.37. The summed E-state index contributed by atoms with van der Waals surface area (Å²) in [7, 11) is 0. The number of imidazole rings is 1. The summed E-state index contributed by atoms with van der Waals surface area (Å²) in [6.07, 6.45) is 0.852. The minimum Gasteiger partial charge on any atom is -0.449 e. The van der Waals surface area contributed by atoms with E-state index in [9.17, 15) is 9.59 Å². The second kappa shape index (κ2) is 12.0. The van der Waals surface area contributed by atoms with E-state index < -0.39 is 12.3 Å². The number of aryl methyl sites for hydroxylation is 1. The largest absolute Gasteiger partial charge is 0.516 e. The molecule has 0 atom stereocenters. The average Bonchev–Trinajstić information content (AvgIpc) is 3.60. The number of anilines is 2. The van der Waals surface area contributed by atoms with Gasteiger partial charge in [-0.1, -0.05) is 20.8 Å². The predicted octanol–water partition coefficient (Wildman–Crippen LogP) is 4.71. The van der Waals surface area contributed by atoms with Crippen LogP contribution in [0.5, 0.6) is 0 Å². The fraction of sp³-hybridized carbons (Fsp3) is 0.607. The number of carboxylic acid groups (broad SMARTS) is 2. The molecule has 3 N–H and O–H groups in total. The molecular weight excluding hydrogens is 544 g/mol. The molecule has 0 bridgehead atoms. The Kier molecular flexibility index (Phi) is 8.85. The van der Waals surface area contributed by atoms with Crippen molar-refractivity contribution in [1.29, 1.82) is 0 Å². The average molecular weight is 585 g/mol. The van der Waals surface area contributed by atoms with Gasteiger partial charge < -0.3 is 34.5 Å². The third-order valence-electron chi connectivity index (χ3n) is 6.59. The van der Waals surface area contributed by atoms with E-state index in [1.54, 1.807) is 0 Å². The van der Waals surface area contributed by atoms with Crippen LogP contribution in [0.1, 0.15) is 65.8 Å². The Morgan fingerprint density at radius 1 is 1.02 bits per heavy atom. The zero-order chi connectivity index (χ0) is 30.8. The quantitative estimate of drug-likeness (QED) is 0.278. The zero-order valence-electron chi connectivity index (χ0n) is 25.3. The van der Waals surface area contributed by atoms with Gasteiger partial charge >= 0.3 is 12.3 Å². The van der Waals surface area contributed by atoms with Crippen LogP contribution in [0.2, 0.25) is 0 Å². The lowest BCUT2D eigenvalue weighted by atomic mass is 9.87. The highest BCUT2D eigenvalue weighted by molar-refractivity contribution is 5.86. The number of morpholine rings is 1. The summed E-state index contributed by atoms with van der Waals surface area (Å²) in [6.45, 7) is 18.8. The van der Waals surface area contributed by atoms with E-state index in [2.05, 4.69) is 61.1 Å². The summed E-state index contributed by atoms with van der Waals surface area (Å²) in [6, 6.07) is 0. The highest BCUT2D eigenvalue weighted by Crippen LogP contribution is 2.37. The molecule has 42 heavy (non-hydrogen) atoms. The molecule has 3 aromatic rings. The number of hydrogen-bond donors (Lipinski definition) is 3. The molecule has 0 amide bonds. The highest BCUT2D eigenvalue weighted by Gasteiger charge is 2.30. The fourth-order valence-electron chi connectivity index (χ4n) is 4.60. The van der Waals surface area contributed by atoms with Crippen LogP contribution in [0.3, 0.4) is 0 Å². The Bertz CT molecular complexity index is 1440. The third-order valence-corrected chi connectivity index (χ3v) is 6.59. The number of nitrogens with one attached hydrogen (secondary N) is 1. The molecule has 14 heteroatoms. The van der Waals surface area contributed by atoms with Crippen LogP contribution < -0.4 is 10.2 Å². The number of rotatable bonds is 5. The van der Waals surface area contributed by atoms with Crippen molar-refractivity contribution in [1.82, 2.24) is 29.5 Å². The van der Waals surface area contributed by atoms with E-state index in [-0.39, 0.29) is 11.0 Å². The molecule has 4 heterocycles. The van der Waals surface area contributed by atoms with Crippen LogP contribution in [0, 0.1) is 12.8 Å². The minimum atomic E-state index is -1.81. The van der Waals surface area contributed by atoms with E-state index in [0.29, 0.717) is 25.0 Å². The second-order valence-electron chi connectivity index (χ2n) is 12.6. The molecule has 0 unspecified atom stereocenters. The predicted molar refractivity (Wildman–Crippen MR) is 156 cm³/mol. The molecule has 0 spiro atoms. The van der Waals surface area contributed by atoms with Gasteiger partial charge in [0.05, 0.1) is 36.5 Å². The molecule has 14 nitrogen and oxygen atoms in total. The first-order valence-electron chi connectivity index (χ1n) is 14.0. The first kappa shape index (κ1) is 30.9. The van der Waals surface area contributed by atoms with Crippen LogP contribution in [0.25, 0.3) is 22.6 Å². The topological polar surface area (TPSA) is 178 Å². The van der Waals surface area contributed by atoms with E-state index in [4.69, 9.17) is 39.9 Å². The van der Waals surface area contributed by atoms with Crippen LogP contribution in [-0.2, 0) is 21.4 Å². The van der Waals surface area contributed by atoms with Crippen molar-refractivity contribution in [3.05, 3.63) is 17.7 Å². The maximum Gasteiger partial charge on any atom is 0.516 e. The van der Waals surface area contributed by atoms with Crippen molar-refractivity contribution in [2.45, 2.75) is 78.8 Å². The third kappa shape index (κ3) is 7.81. The van der Waals surface area contributed by atoms with Crippen LogP contribution in [0.15, 0.2) is 6.33 Å². The molecule has 1 aliphatic heterocycles. The molecule has 2 aliphatic rings. The number of hydrogen-bond acceptors (Lipinski definition) is 11. The summed E-state index contributed by atoms with van der Waals surface area (Å²) in [5.41, 5.74) is 4.11. The maximum atomic E-state index is 9.21. The van der Waals surface area contributed by atoms with Gasteiger partial charge in [-0.15, -0.1) is 0 Å². The monoisotopic (exact) mass is 584 g/mol. The Balaban J connectivity index is 0.000000517. The Hall–Kier alpha value is -4.07. The summed E-state index contributed by atoms with van der Waals surface area (Å²) in [5.74, 6) is 2.90. The van der Waals surface area contributed by atoms with Crippen molar-refractivity contribution in [2.24, 2.45) is 5.92 Å². The molecule has 228 valence electrons. The molecule has 3 aromatic heterocycles. The number of ether oxygens (including phenoxy) is 2. The van der Waals surface area contributed by atoms with Crippen molar-refractivity contribution in [2.75, 3.05) is 36.5 Å². The second-order valence-corrected chi connectivity index (χ2v) is 12.6. The van der Waals surface area contributed by atoms with Gasteiger partial charge in [-0.3, -0.25) is 0 Å². The highest BCUT2D eigenvalue weighted by atomic mass is 16.7. The number of nitrogens with zero attached hydrogens (tertiary/aromatic N) is 7. The van der Waals surface area contributed by atoms with Crippen molar-refractivity contribution < 1.29 is 29.3 Å². The zero-order valence-corrected chi connectivity index (χ0v) is 25.3. The molecule has 1 saturated carbocycles. The normalized spacial score (nSPS) is 15.6. The lowest BCUT2D eigenvalue weighted by molar-refractivity contribution is 0.0801. The summed E-state index contributed by atoms with van der Waals surface area (Å²) < 4.78 is 10.9.